The largest absolute Gasteiger partial charge is 0.381 e. The van der Waals surface area contributed by atoms with Gasteiger partial charge in [0.1, 0.15) is 0 Å². The highest BCUT2D eigenvalue weighted by atomic mass is 16.5. The molecule has 1 aromatic heterocycles. The number of primary amides is 1. The van der Waals surface area contributed by atoms with Crippen LogP contribution >= 0.6 is 0 Å². The van der Waals surface area contributed by atoms with Crippen molar-refractivity contribution in [2.45, 2.75) is 51.0 Å². The summed E-state index contributed by atoms with van der Waals surface area (Å²) in [6, 6.07) is 8.62. The number of piperidine rings is 1. The summed E-state index contributed by atoms with van der Waals surface area (Å²) in [6.45, 7) is 4.00. The minimum atomic E-state index is -0.633. The summed E-state index contributed by atoms with van der Waals surface area (Å²) < 4.78 is 5.56. The van der Waals surface area contributed by atoms with Crippen LogP contribution in [0.25, 0.3) is 0 Å². The van der Waals surface area contributed by atoms with Gasteiger partial charge in [0, 0.05) is 43.7 Å². The van der Waals surface area contributed by atoms with E-state index < -0.39 is 5.91 Å². The smallest absolute Gasteiger partial charge is 0.273 e. The van der Waals surface area contributed by atoms with Crippen molar-refractivity contribution in [2.75, 3.05) is 41.8 Å². The molecule has 1 aromatic carbocycles. The highest BCUT2D eigenvalue weighted by Gasteiger charge is 2.36. The molecule has 0 unspecified atom stereocenters. The molecule has 170 valence electrons. The molecule has 0 bridgehead atoms. The highest BCUT2D eigenvalue weighted by Crippen LogP contribution is 2.41. The number of anilines is 4. The van der Waals surface area contributed by atoms with Crippen molar-refractivity contribution >= 4 is 29.0 Å². The Morgan fingerprint density at radius 3 is 2.41 bits per heavy atom. The molecular formula is C23H31N7O2. The van der Waals surface area contributed by atoms with Crippen LogP contribution in [0.2, 0.25) is 0 Å². The van der Waals surface area contributed by atoms with Gasteiger partial charge in [-0.3, -0.25) is 4.79 Å². The molecule has 0 radical (unpaired) electrons. The number of aromatic nitrogens is 3. The summed E-state index contributed by atoms with van der Waals surface area (Å²) in [7, 11) is 0. The fourth-order valence-electron chi connectivity index (χ4n) is 4.82. The number of rotatable bonds is 6. The molecule has 5 rings (SSSR count). The van der Waals surface area contributed by atoms with E-state index >= 15 is 0 Å². The molecule has 9 heteroatoms. The van der Waals surface area contributed by atoms with Crippen molar-refractivity contribution < 1.29 is 9.53 Å². The first kappa shape index (κ1) is 20.9. The molecule has 2 aromatic rings. The van der Waals surface area contributed by atoms with Crippen molar-refractivity contribution in [2.24, 2.45) is 11.1 Å². The van der Waals surface area contributed by atoms with Crippen LogP contribution in [-0.2, 0) is 4.74 Å². The SMILES string of the molecule is NC(=O)c1nnc(Nc2ccc(N3CCC4(CCOCC4)CC3)cc2)nc1NC1CCC1. The Morgan fingerprint density at radius 1 is 1.06 bits per heavy atom. The lowest BCUT2D eigenvalue weighted by molar-refractivity contribution is 0.00212. The first-order valence-corrected chi connectivity index (χ1v) is 11.6. The average Bonchev–Trinajstić information content (AvgIpc) is 2.78. The first-order chi connectivity index (χ1) is 15.6. The second-order valence-electron chi connectivity index (χ2n) is 9.24. The maximum atomic E-state index is 11.7. The quantitative estimate of drug-likeness (QED) is 0.631. The Kier molecular flexibility index (Phi) is 5.82. The van der Waals surface area contributed by atoms with Gasteiger partial charge >= 0.3 is 0 Å². The molecule has 1 saturated carbocycles. The lowest BCUT2D eigenvalue weighted by atomic mass is 9.72. The average molecular weight is 438 g/mol. The fourth-order valence-corrected chi connectivity index (χ4v) is 4.82. The number of nitrogens with two attached hydrogens (primary N) is 1. The van der Waals surface area contributed by atoms with Crippen LogP contribution in [0.15, 0.2) is 24.3 Å². The molecule has 3 aliphatic rings. The lowest BCUT2D eigenvalue weighted by Crippen LogP contribution is -2.42. The summed E-state index contributed by atoms with van der Waals surface area (Å²) >= 11 is 0. The zero-order valence-electron chi connectivity index (χ0n) is 18.3. The maximum Gasteiger partial charge on any atom is 0.273 e. The highest BCUT2D eigenvalue weighted by molar-refractivity contribution is 5.95. The second-order valence-corrected chi connectivity index (χ2v) is 9.24. The van der Waals surface area contributed by atoms with Gasteiger partial charge in [0.05, 0.1) is 0 Å². The number of hydrogen-bond donors (Lipinski definition) is 3. The monoisotopic (exact) mass is 437 g/mol. The Morgan fingerprint density at radius 2 is 1.78 bits per heavy atom. The van der Waals surface area contributed by atoms with Crippen molar-refractivity contribution in [1.29, 1.82) is 0 Å². The minimum Gasteiger partial charge on any atom is -0.381 e. The van der Waals surface area contributed by atoms with E-state index in [-0.39, 0.29) is 5.69 Å². The molecular weight excluding hydrogens is 406 g/mol. The van der Waals surface area contributed by atoms with Gasteiger partial charge in [0.2, 0.25) is 5.95 Å². The van der Waals surface area contributed by atoms with Crippen molar-refractivity contribution in [3.63, 3.8) is 0 Å². The zero-order valence-corrected chi connectivity index (χ0v) is 18.3. The van der Waals surface area contributed by atoms with Gasteiger partial charge in [-0.05, 0) is 74.6 Å². The van der Waals surface area contributed by atoms with Crippen LogP contribution in [-0.4, -0.2) is 53.4 Å². The topological polar surface area (TPSA) is 118 Å². The van der Waals surface area contributed by atoms with Crippen molar-refractivity contribution in [3.8, 4) is 0 Å². The lowest BCUT2D eigenvalue weighted by Gasteiger charge is -2.44. The Balaban J connectivity index is 1.23. The zero-order chi connectivity index (χ0) is 22.0. The molecule has 32 heavy (non-hydrogen) atoms. The van der Waals surface area contributed by atoms with Gasteiger partial charge in [-0.25, -0.2) is 0 Å². The Labute approximate surface area is 188 Å². The molecule has 2 aliphatic heterocycles. The van der Waals surface area contributed by atoms with Gasteiger partial charge in [-0.1, -0.05) is 0 Å². The summed E-state index contributed by atoms with van der Waals surface area (Å²) in [4.78, 5) is 18.6. The van der Waals surface area contributed by atoms with Crippen LogP contribution in [0.4, 0.5) is 23.1 Å². The predicted molar refractivity (Wildman–Crippen MR) is 123 cm³/mol. The first-order valence-electron chi connectivity index (χ1n) is 11.6. The van der Waals surface area contributed by atoms with E-state index in [9.17, 15) is 4.79 Å². The van der Waals surface area contributed by atoms with Gasteiger partial charge in [-0.2, -0.15) is 4.98 Å². The van der Waals surface area contributed by atoms with E-state index in [0.717, 1.165) is 44.8 Å². The number of benzene rings is 1. The normalized spacial score (nSPS) is 20.6. The summed E-state index contributed by atoms with van der Waals surface area (Å²) in [6.07, 6.45) is 8.15. The fraction of sp³-hybridized carbons (Fsp3) is 0.565. The number of nitrogens with one attached hydrogen (secondary N) is 2. The number of amides is 1. The minimum absolute atomic E-state index is 0.0743. The molecule has 3 heterocycles. The molecule has 1 aliphatic carbocycles. The van der Waals surface area contributed by atoms with E-state index in [0.29, 0.717) is 23.2 Å². The van der Waals surface area contributed by atoms with Crippen molar-refractivity contribution in [3.05, 3.63) is 30.0 Å². The van der Waals surface area contributed by atoms with E-state index in [2.05, 4.69) is 42.8 Å². The molecule has 9 nitrogen and oxygen atoms in total. The number of carbonyl (C=O) groups is 1. The maximum absolute atomic E-state index is 11.7. The van der Waals surface area contributed by atoms with Crippen molar-refractivity contribution in [1.82, 2.24) is 15.2 Å². The van der Waals surface area contributed by atoms with Gasteiger partial charge in [-0.15, -0.1) is 10.2 Å². The van der Waals surface area contributed by atoms with Crippen LogP contribution in [0, 0.1) is 5.41 Å². The Bertz CT molecular complexity index is 945. The summed E-state index contributed by atoms with van der Waals surface area (Å²) in [5.41, 5.74) is 8.10. The molecule has 1 amide bonds. The number of carbonyl (C=O) groups excluding carboxylic acids is 1. The third kappa shape index (κ3) is 4.48. The predicted octanol–water partition coefficient (Wildman–Crippen LogP) is 3.08. The third-order valence-electron chi connectivity index (χ3n) is 7.23. The molecule has 1 spiro atoms. The molecule has 0 atom stereocenters. The van der Waals surface area contributed by atoms with Crippen LogP contribution in [0.1, 0.15) is 55.4 Å². The number of ether oxygens (including phenoxy) is 1. The summed E-state index contributed by atoms with van der Waals surface area (Å²) in [5, 5.41) is 14.5. The third-order valence-corrected chi connectivity index (χ3v) is 7.23. The molecule has 2 saturated heterocycles. The number of hydrogen-bond acceptors (Lipinski definition) is 8. The van der Waals surface area contributed by atoms with Gasteiger partial charge in [0.15, 0.2) is 11.5 Å². The van der Waals surface area contributed by atoms with E-state index in [1.807, 2.05) is 12.1 Å². The van der Waals surface area contributed by atoms with E-state index in [1.54, 1.807) is 0 Å². The van der Waals surface area contributed by atoms with Gasteiger partial charge in [0.25, 0.3) is 5.91 Å². The standard InChI is InChI=1S/C23H31N7O2/c24-20(31)19-21(25-16-2-1-3-16)27-22(29-28-19)26-17-4-6-18(7-5-17)30-12-8-23(9-13-30)10-14-32-15-11-23/h4-7,16H,1-3,8-15H2,(H2,24,31)(H2,25,26,27,29). The van der Waals surface area contributed by atoms with Crippen LogP contribution in [0.3, 0.4) is 0 Å². The van der Waals surface area contributed by atoms with E-state index in [4.69, 9.17) is 10.5 Å². The molecule has 4 N–H and O–H groups in total. The van der Waals surface area contributed by atoms with E-state index in [1.165, 1.54) is 37.8 Å². The summed E-state index contributed by atoms with van der Waals surface area (Å²) in [5.74, 6) is 0.0995. The number of nitrogens with zero attached hydrogens (tertiary/aromatic N) is 4. The van der Waals surface area contributed by atoms with Gasteiger partial charge < -0.3 is 26.0 Å². The van der Waals surface area contributed by atoms with Crippen LogP contribution < -0.4 is 21.3 Å². The molecule has 3 fully saturated rings. The van der Waals surface area contributed by atoms with Crippen LogP contribution in [0.5, 0.6) is 0 Å². The Hall–Kier alpha value is -2.94. The second kappa shape index (κ2) is 8.90.